The van der Waals surface area contributed by atoms with Crippen LogP contribution in [0.25, 0.3) is 0 Å². The molecule has 2 fully saturated rings. The SMILES string of the molecule is CCNC(=NCC(CC(C)C)N1CCOCC1)NCC1CN(C)CCO1. The lowest BCUT2D eigenvalue weighted by Crippen LogP contribution is -2.49. The lowest BCUT2D eigenvalue weighted by Gasteiger charge is -2.34. The van der Waals surface area contributed by atoms with Crippen LogP contribution >= 0.6 is 0 Å². The Hall–Kier alpha value is -0.890. The van der Waals surface area contributed by atoms with Crippen LogP contribution in [0.2, 0.25) is 0 Å². The van der Waals surface area contributed by atoms with Crippen LogP contribution in [0.15, 0.2) is 4.99 Å². The zero-order valence-electron chi connectivity index (χ0n) is 17.2. The minimum Gasteiger partial charge on any atom is -0.379 e. The number of hydrogen-bond donors (Lipinski definition) is 2. The number of morpholine rings is 2. The average Bonchev–Trinajstić information content (AvgIpc) is 2.63. The number of guanidine groups is 1. The van der Waals surface area contributed by atoms with Crippen LogP contribution in [0, 0.1) is 5.92 Å². The molecule has 0 aliphatic carbocycles. The highest BCUT2D eigenvalue weighted by atomic mass is 16.5. The van der Waals surface area contributed by atoms with E-state index in [1.54, 1.807) is 0 Å². The molecule has 2 saturated heterocycles. The molecule has 2 aliphatic rings. The van der Waals surface area contributed by atoms with E-state index in [1.807, 2.05) is 0 Å². The predicted octanol–water partition coefficient (Wildman–Crippen LogP) is 0.619. The molecule has 0 aromatic rings. The summed E-state index contributed by atoms with van der Waals surface area (Å²) in [5, 5.41) is 6.84. The van der Waals surface area contributed by atoms with Crippen LogP contribution in [-0.2, 0) is 9.47 Å². The summed E-state index contributed by atoms with van der Waals surface area (Å²) < 4.78 is 11.4. The van der Waals surface area contributed by atoms with Crippen LogP contribution in [0.1, 0.15) is 27.2 Å². The van der Waals surface area contributed by atoms with Crippen molar-refractivity contribution < 1.29 is 9.47 Å². The topological polar surface area (TPSA) is 61.4 Å². The number of ether oxygens (including phenoxy) is 2. The van der Waals surface area contributed by atoms with Crippen molar-refractivity contribution in [2.75, 3.05) is 72.7 Å². The molecule has 0 spiro atoms. The van der Waals surface area contributed by atoms with Gasteiger partial charge in [0.25, 0.3) is 0 Å². The highest BCUT2D eigenvalue weighted by molar-refractivity contribution is 5.79. The van der Waals surface area contributed by atoms with E-state index in [4.69, 9.17) is 14.5 Å². The standard InChI is InChI=1S/C19H39N5O2/c1-5-20-19(22-14-18-15-23(4)6-11-26-18)21-13-17(12-16(2)3)24-7-9-25-10-8-24/h16-18H,5-15H2,1-4H3,(H2,20,21,22). The number of nitrogens with zero attached hydrogens (tertiary/aromatic N) is 3. The van der Waals surface area contributed by atoms with Gasteiger partial charge in [0.05, 0.1) is 32.5 Å². The van der Waals surface area contributed by atoms with Crippen molar-refractivity contribution in [3.8, 4) is 0 Å². The van der Waals surface area contributed by atoms with Gasteiger partial charge in [-0.05, 0) is 26.3 Å². The summed E-state index contributed by atoms with van der Waals surface area (Å²) in [6.45, 7) is 15.7. The molecule has 7 heteroatoms. The highest BCUT2D eigenvalue weighted by Gasteiger charge is 2.22. The van der Waals surface area contributed by atoms with Crippen molar-refractivity contribution in [1.29, 1.82) is 0 Å². The Balaban J connectivity index is 1.88. The minimum atomic E-state index is 0.225. The zero-order valence-corrected chi connectivity index (χ0v) is 17.2. The molecule has 0 amide bonds. The molecule has 2 unspecified atom stereocenters. The van der Waals surface area contributed by atoms with Gasteiger partial charge in [-0.3, -0.25) is 9.89 Å². The van der Waals surface area contributed by atoms with Gasteiger partial charge in [-0.1, -0.05) is 13.8 Å². The Morgan fingerprint density at radius 2 is 1.92 bits per heavy atom. The van der Waals surface area contributed by atoms with Crippen LogP contribution in [0.4, 0.5) is 0 Å². The van der Waals surface area contributed by atoms with E-state index in [2.05, 4.69) is 48.3 Å². The molecule has 0 radical (unpaired) electrons. The van der Waals surface area contributed by atoms with Crippen LogP contribution in [0.5, 0.6) is 0 Å². The number of likely N-dealkylation sites (N-methyl/N-ethyl adjacent to an activating group) is 1. The second-order valence-corrected chi connectivity index (χ2v) is 7.79. The third kappa shape index (κ3) is 7.78. The normalized spacial score (nSPS) is 24.7. The third-order valence-electron chi connectivity index (χ3n) is 4.95. The summed E-state index contributed by atoms with van der Waals surface area (Å²) in [4.78, 5) is 9.74. The second-order valence-electron chi connectivity index (χ2n) is 7.79. The summed E-state index contributed by atoms with van der Waals surface area (Å²) >= 11 is 0. The number of hydrogen-bond acceptors (Lipinski definition) is 5. The number of nitrogens with one attached hydrogen (secondary N) is 2. The lowest BCUT2D eigenvalue weighted by atomic mass is 10.0. The Morgan fingerprint density at radius 3 is 2.58 bits per heavy atom. The molecule has 2 rings (SSSR count). The van der Waals surface area contributed by atoms with Gasteiger partial charge in [-0.2, -0.15) is 0 Å². The number of aliphatic imine (C=N–C) groups is 1. The Kier molecular flexibility index (Phi) is 9.67. The van der Waals surface area contributed by atoms with Gasteiger partial charge in [0.1, 0.15) is 0 Å². The fourth-order valence-electron chi connectivity index (χ4n) is 3.57. The monoisotopic (exact) mass is 369 g/mol. The molecular formula is C19H39N5O2. The van der Waals surface area contributed by atoms with Crippen LogP contribution in [0.3, 0.4) is 0 Å². The van der Waals surface area contributed by atoms with E-state index in [1.165, 1.54) is 6.42 Å². The first-order valence-corrected chi connectivity index (χ1v) is 10.2. The Morgan fingerprint density at radius 1 is 1.15 bits per heavy atom. The van der Waals surface area contributed by atoms with E-state index in [0.717, 1.165) is 71.6 Å². The van der Waals surface area contributed by atoms with Crippen molar-refractivity contribution >= 4 is 5.96 Å². The maximum absolute atomic E-state index is 5.84. The van der Waals surface area contributed by atoms with Crippen molar-refractivity contribution in [2.45, 2.75) is 39.3 Å². The van der Waals surface area contributed by atoms with E-state index in [0.29, 0.717) is 12.0 Å². The smallest absolute Gasteiger partial charge is 0.191 e. The number of rotatable bonds is 8. The Bertz CT molecular complexity index is 413. The molecule has 0 bridgehead atoms. The van der Waals surface area contributed by atoms with E-state index >= 15 is 0 Å². The predicted molar refractivity (Wildman–Crippen MR) is 107 cm³/mol. The largest absolute Gasteiger partial charge is 0.379 e. The molecule has 7 nitrogen and oxygen atoms in total. The highest BCUT2D eigenvalue weighted by Crippen LogP contribution is 2.14. The molecule has 0 aromatic carbocycles. The molecule has 152 valence electrons. The molecule has 0 saturated carbocycles. The maximum Gasteiger partial charge on any atom is 0.191 e. The summed E-state index contributed by atoms with van der Waals surface area (Å²) in [7, 11) is 2.15. The molecular weight excluding hydrogens is 330 g/mol. The average molecular weight is 370 g/mol. The molecule has 2 aliphatic heterocycles. The van der Waals surface area contributed by atoms with E-state index in [-0.39, 0.29) is 6.10 Å². The summed E-state index contributed by atoms with van der Waals surface area (Å²) in [6, 6.07) is 0.478. The molecule has 0 aromatic heterocycles. The van der Waals surface area contributed by atoms with E-state index < -0.39 is 0 Å². The first kappa shape index (κ1) is 21.4. The van der Waals surface area contributed by atoms with Gasteiger partial charge in [0, 0.05) is 45.3 Å². The van der Waals surface area contributed by atoms with Gasteiger partial charge in [0.2, 0.25) is 0 Å². The first-order valence-electron chi connectivity index (χ1n) is 10.2. The molecule has 2 N–H and O–H groups in total. The van der Waals surface area contributed by atoms with Gasteiger partial charge < -0.3 is 25.0 Å². The van der Waals surface area contributed by atoms with Gasteiger partial charge in [-0.15, -0.1) is 0 Å². The van der Waals surface area contributed by atoms with Crippen molar-refractivity contribution in [2.24, 2.45) is 10.9 Å². The van der Waals surface area contributed by atoms with Crippen molar-refractivity contribution in [3.63, 3.8) is 0 Å². The quantitative estimate of drug-likeness (QED) is 0.483. The van der Waals surface area contributed by atoms with Crippen molar-refractivity contribution in [3.05, 3.63) is 0 Å². The summed E-state index contributed by atoms with van der Waals surface area (Å²) in [6.07, 6.45) is 1.39. The summed E-state index contributed by atoms with van der Waals surface area (Å²) in [5.41, 5.74) is 0. The maximum atomic E-state index is 5.84. The zero-order chi connectivity index (χ0) is 18.8. The van der Waals surface area contributed by atoms with Crippen molar-refractivity contribution in [1.82, 2.24) is 20.4 Å². The van der Waals surface area contributed by atoms with Gasteiger partial charge >= 0.3 is 0 Å². The van der Waals surface area contributed by atoms with Crippen LogP contribution < -0.4 is 10.6 Å². The van der Waals surface area contributed by atoms with Gasteiger partial charge in [0.15, 0.2) is 5.96 Å². The lowest BCUT2D eigenvalue weighted by molar-refractivity contribution is -0.0161. The fourth-order valence-corrected chi connectivity index (χ4v) is 3.57. The van der Waals surface area contributed by atoms with Gasteiger partial charge in [-0.25, -0.2) is 0 Å². The molecule has 2 atom stereocenters. The third-order valence-corrected chi connectivity index (χ3v) is 4.95. The van der Waals surface area contributed by atoms with Crippen LogP contribution in [-0.4, -0.2) is 101 Å². The molecule has 2 heterocycles. The first-order chi connectivity index (χ1) is 12.6. The van der Waals surface area contributed by atoms with E-state index in [9.17, 15) is 0 Å². The fraction of sp³-hybridized carbons (Fsp3) is 0.947. The Labute approximate surface area is 159 Å². The summed E-state index contributed by atoms with van der Waals surface area (Å²) in [5.74, 6) is 1.56. The molecule has 26 heavy (non-hydrogen) atoms. The minimum absolute atomic E-state index is 0.225. The second kappa shape index (κ2) is 11.7.